The number of aromatic amines is 1. The van der Waals surface area contributed by atoms with E-state index < -0.39 is 0 Å². The lowest BCUT2D eigenvalue weighted by atomic mass is 9.95. The number of aromatic nitrogens is 3. The monoisotopic (exact) mass is 340 g/mol. The number of amides is 1. The Hall–Kier alpha value is -2.37. The van der Waals surface area contributed by atoms with Crippen molar-refractivity contribution >= 4 is 5.91 Å². The van der Waals surface area contributed by atoms with Crippen LogP contribution in [0, 0.1) is 6.92 Å². The van der Waals surface area contributed by atoms with Crippen molar-refractivity contribution in [2.45, 2.75) is 51.5 Å². The van der Waals surface area contributed by atoms with E-state index >= 15 is 0 Å². The molecule has 0 aromatic carbocycles. The summed E-state index contributed by atoms with van der Waals surface area (Å²) in [5, 5.41) is 0. The van der Waals surface area contributed by atoms with Gasteiger partial charge in [-0.25, -0.2) is 4.98 Å². The van der Waals surface area contributed by atoms with Crippen molar-refractivity contribution in [2.24, 2.45) is 7.05 Å². The number of hydrogen-bond acceptors (Lipinski definition) is 3. The fraction of sp³-hybridized carbons (Fsp3) is 0.526. The molecule has 4 rings (SSSR count). The average molecular weight is 340 g/mol. The highest BCUT2D eigenvalue weighted by atomic mass is 16.2. The van der Waals surface area contributed by atoms with Gasteiger partial charge in [0.05, 0.1) is 11.7 Å². The molecular weight excluding hydrogens is 316 g/mol. The Balaban J connectivity index is 1.68. The number of rotatable bonds is 2. The lowest BCUT2D eigenvalue weighted by Crippen LogP contribution is -2.36. The first-order chi connectivity index (χ1) is 12.0. The van der Waals surface area contributed by atoms with Crippen LogP contribution < -0.4 is 5.56 Å². The van der Waals surface area contributed by atoms with Gasteiger partial charge >= 0.3 is 0 Å². The quantitative estimate of drug-likeness (QED) is 0.912. The number of aryl methyl sites for hydroxylation is 4. The second-order valence-electron chi connectivity index (χ2n) is 7.23. The standard InChI is InChI=1S/C19H24N4O2/c1-12-11-22(2)17(20-12)16-8-5-9-23(16)19(25)14-10-13-6-3-4-7-15(13)21-18(14)24/h10-11,16H,3-9H2,1-2H3,(H,21,24)/t16-/m1/s1. The van der Waals surface area contributed by atoms with Gasteiger partial charge in [0, 0.05) is 25.5 Å². The summed E-state index contributed by atoms with van der Waals surface area (Å²) in [5.74, 6) is 0.732. The third-order valence-corrected chi connectivity index (χ3v) is 5.41. The molecule has 0 saturated carbocycles. The summed E-state index contributed by atoms with van der Waals surface area (Å²) in [5.41, 5.74) is 3.09. The second-order valence-corrected chi connectivity index (χ2v) is 7.23. The van der Waals surface area contributed by atoms with Crippen molar-refractivity contribution in [3.8, 4) is 0 Å². The molecule has 1 saturated heterocycles. The van der Waals surface area contributed by atoms with Crippen LogP contribution in [0.15, 0.2) is 17.1 Å². The van der Waals surface area contributed by atoms with Crippen LogP contribution in [0.2, 0.25) is 0 Å². The van der Waals surface area contributed by atoms with Gasteiger partial charge in [-0.15, -0.1) is 0 Å². The van der Waals surface area contributed by atoms with Gasteiger partial charge < -0.3 is 14.5 Å². The molecule has 25 heavy (non-hydrogen) atoms. The zero-order valence-corrected chi connectivity index (χ0v) is 14.8. The van der Waals surface area contributed by atoms with Gasteiger partial charge in [0.1, 0.15) is 11.4 Å². The van der Waals surface area contributed by atoms with E-state index in [-0.39, 0.29) is 23.1 Å². The maximum absolute atomic E-state index is 13.1. The van der Waals surface area contributed by atoms with E-state index in [9.17, 15) is 9.59 Å². The van der Waals surface area contributed by atoms with E-state index in [1.807, 2.05) is 35.7 Å². The molecule has 0 unspecified atom stereocenters. The molecule has 2 aromatic rings. The maximum Gasteiger partial charge on any atom is 0.261 e. The van der Waals surface area contributed by atoms with Crippen LogP contribution in [0.3, 0.4) is 0 Å². The van der Waals surface area contributed by atoms with Gasteiger partial charge in [-0.05, 0) is 57.1 Å². The third kappa shape index (κ3) is 2.79. The van der Waals surface area contributed by atoms with Gasteiger partial charge in [-0.3, -0.25) is 9.59 Å². The number of carbonyl (C=O) groups is 1. The third-order valence-electron chi connectivity index (χ3n) is 5.41. The fourth-order valence-corrected chi connectivity index (χ4v) is 4.21. The molecule has 1 aliphatic heterocycles. The molecule has 2 aliphatic rings. The lowest BCUT2D eigenvalue weighted by molar-refractivity contribution is 0.0726. The number of nitrogens with one attached hydrogen (secondary N) is 1. The second kappa shape index (κ2) is 6.17. The van der Waals surface area contributed by atoms with Crippen LogP contribution in [-0.2, 0) is 19.9 Å². The SMILES string of the molecule is Cc1cn(C)c([C@H]2CCCN2C(=O)c2cc3c([nH]c2=O)CCCC3)n1. The molecule has 132 valence electrons. The maximum atomic E-state index is 13.1. The molecule has 1 N–H and O–H groups in total. The molecule has 1 fully saturated rings. The summed E-state index contributed by atoms with van der Waals surface area (Å²) < 4.78 is 1.99. The van der Waals surface area contributed by atoms with E-state index in [1.54, 1.807) is 0 Å². The Bertz CT molecular complexity index is 880. The summed E-state index contributed by atoms with van der Waals surface area (Å²) >= 11 is 0. The van der Waals surface area contributed by atoms with Crippen molar-refractivity contribution in [1.82, 2.24) is 19.4 Å². The Morgan fingerprint density at radius 3 is 2.84 bits per heavy atom. The summed E-state index contributed by atoms with van der Waals surface area (Å²) in [6.07, 6.45) is 7.85. The number of likely N-dealkylation sites (tertiary alicyclic amines) is 1. The van der Waals surface area contributed by atoms with Gasteiger partial charge in [0.25, 0.3) is 11.5 Å². The molecule has 1 amide bonds. The van der Waals surface area contributed by atoms with E-state index in [0.717, 1.165) is 61.3 Å². The zero-order valence-electron chi connectivity index (χ0n) is 14.8. The Morgan fingerprint density at radius 1 is 1.28 bits per heavy atom. The average Bonchev–Trinajstić information content (AvgIpc) is 3.19. The van der Waals surface area contributed by atoms with Crippen molar-refractivity contribution in [3.63, 3.8) is 0 Å². The number of nitrogens with zero attached hydrogens (tertiary/aromatic N) is 3. The van der Waals surface area contributed by atoms with Crippen molar-refractivity contribution in [3.05, 3.63) is 51.0 Å². The van der Waals surface area contributed by atoms with Crippen LogP contribution in [-0.4, -0.2) is 31.9 Å². The number of imidazole rings is 1. The molecule has 6 heteroatoms. The molecule has 2 aromatic heterocycles. The zero-order chi connectivity index (χ0) is 17.6. The van der Waals surface area contributed by atoms with Crippen LogP contribution in [0.25, 0.3) is 0 Å². The predicted octanol–water partition coefficient (Wildman–Crippen LogP) is 2.27. The van der Waals surface area contributed by atoms with Crippen LogP contribution >= 0.6 is 0 Å². The Morgan fingerprint density at radius 2 is 2.08 bits per heavy atom. The van der Waals surface area contributed by atoms with E-state index in [0.29, 0.717) is 6.54 Å². The predicted molar refractivity (Wildman–Crippen MR) is 94.7 cm³/mol. The summed E-state index contributed by atoms with van der Waals surface area (Å²) in [6.45, 7) is 2.63. The lowest BCUT2D eigenvalue weighted by Gasteiger charge is -2.25. The van der Waals surface area contributed by atoms with Crippen molar-refractivity contribution in [2.75, 3.05) is 6.54 Å². The molecular formula is C19H24N4O2. The van der Waals surface area contributed by atoms with Crippen LogP contribution in [0.1, 0.15) is 64.9 Å². The van der Waals surface area contributed by atoms with Gasteiger partial charge in [0.2, 0.25) is 0 Å². The van der Waals surface area contributed by atoms with E-state index in [4.69, 9.17) is 0 Å². The normalized spacial score (nSPS) is 19.9. The first-order valence-corrected chi connectivity index (χ1v) is 9.10. The summed E-state index contributed by atoms with van der Waals surface area (Å²) in [4.78, 5) is 35.0. The topological polar surface area (TPSA) is 71.0 Å². The van der Waals surface area contributed by atoms with E-state index in [1.165, 1.54) is 0 Å². The Kier molecular flexibility index (Phi) is 3.98. The minimum atomic E-state index is -0.257. The smallest absolute Gasteiger partial charge is 0.261 e. The molecule has 0 radical (unpaired) electrons. The van der Waals surface area contributed by atoms with E-state index in [2.05, 4.69) is 9.97 Å². The highest BCUT2D eigenvalue weighted by molar-refractivity contribution is 5.94. The number of fused-ring (bicyclic) bond motifs is 1. The summed E-state index contributed by atoms with van der Waals surface area (Å²) in [6, 6.07) is 1.77. The number of H-pyrrole nitrogens is 1. The number of pyridine rings is 1. The highest BCUT2D eigenvalue weighted by Gasteiger charge is 2.34. The molecule has 3 heterocycles. The first kappa shape index (κ1) is 16.1. The van der Waals surface area contributed by atoms with Gasteiger partial charge in [-0.1, -0.05) is 0 Å². The molecule has 0 spiro atoms. The minimum Gasteiger partial charge on any atom is -0.336 e. The van der Waals surface area contributed by atoms with Crippen LogP contribution in [0.4, 0.5) is 0 Å². The molecule has 6 nitrogen and oxygen atoms in total. The minimum absolute atomic E-state index is 0.0540. The largest absolute Gasteiger partial charge is 0.336 e. The molecule has 1 aliphatic carbocycles. The van der Waals surface area contributed by atoms with Crippen LogP contribution in [0.5, 0.6) is 0 Å². The van der Waals surface area contributed by atoms with Crippen molar-refractivity contribution < 1.29 is 4.79 Å². The van der Waals surface area contributed by atoms with Gasteiger partial charge in [0.15, 0.2) is 0 Å². The number of carbonyl (C=O) groups excluding carboxylic acids is 1. The summed E-state index contributed by atoms with van der Waals surface area (Å²) in [7, 11) is 1.96. The first-order valence-electron chi connectivity index (χ1n) is 9.10. The fourth-order valence-electron chi connectivity index (χ4n) is 4.21. The Labute approximate surface area is 146 Å². The van der Waals surface area contributed by atoms with Crippen molar-refractivity contribution in [1.29, 1.82) is 0 Å². The van der Waals surface area contributed by atoms with Gasteiger partial charge in [-0.2, -0.15) is 0 Å². The highest BCUT2D eigenvalue weighted by Crippen LogP contribution is 2.32. The molecule has 1 atom stereocenters. The molecule has 0 bridgehead atoms. The number of hydrogen-bond donors (Lipinski definition) is 1.